The third kappa shape index (κ3) is 3.22. The van der Waals surface area contributed by atoms with Crippen LogP contribution in [0, 0.1) is 25.7 Å². The highest BCUT2D eigenvalue weighted by molar-refractivity contribution is 5.89. The minimum absolute atomic E-state index is 0.0716. The van der Waals surface area contributed by atoms with Crippen molar-refractivity contribution < 1.29 is 4.79 Å². The number of nitrogens with one attached hydrogen (secondary N) is 1. The van der Waals surface area contributed by atoms with E-state index in [0.29, 0.717) is 0 Å². The number of fused-ring (bicyclic) bond motifs is 1. The minimum Gasteiger partial charge on any atom is -0.324 e. The topological polar surface area (TPSA) is 32.3 Å². The highest BCUT2D eigenvalue weighted by Crippen LogP contribution is 2.36. The van der Waals surface area contributed by atoms with Crippen molar-refractivity contribution in [3.8, 4) is 0 Å². The van der Waals surface area contributed by atoms with E-state index in [9.17, 15) is 4.79 Å². The Morgan fingerprint density at radius 1 is 1.10 bits per heavy atom. The summed E-state index contributed by atoms with van der Waals surface area (Å²) in [4.78, 5) is 14.5. The fraction of sp³-hybridized carbons (Fsp3) is 0.611. The average Bonchev–Trinajstić information content (AvgIpc) is 2.50. The summed E-state index contributed by atoms with van der Waals surface area (Å²) in [5, 5.41) is 3.06. The third-order valence-corrected chi connectivity index (χ3v) is 5.34. The molecule has 1 heterocycles. The van der Waals surface area contributed by atoms with Gasteiger partial charge in [-0.2, -0.15) is 0 Å². The van der Waals surface area contributed by atoms with E-state index in [1.165, 1.54) is 43.2 Å². The van der Waals surface area contributed by atoms with E-state index in [2.05, 4.69) is 31.3 Å². The minimum atomic E-state index is 0.0716. The second-order valence-corrected chi connectivity index (χ2v) is 6.77. The summed E-state index contributed by atoms with van der Waals surface area (Å²) >= 11 is 0. The maximum Gasteiger partial charge on any atom is 0.321 e. The van der Waals surface area contributed by atoms with Crippen molar-refractivity contribution in [2.24, 2.45) is 11.8 Å². The Labute approximate surface area is 127 Å². The molecule has 3 heteroatoms. The number of urea groups is 1. The van der Waals surface area contributed by atoms with Crippen LogP contribution in [0.15, 0.2) is 18.2 Å². The molecule has 1 aromatic carbocycles. The van der Waals surface area contributed by atoms with Crippen LogP contribution in [0.4, 0.5) is 10.5 Å². The van der Waals surface area contributed by atoms with Gasteiger partial charge in [-0.05, 0) is 61.8 Å². The van der Waals surface area contributed by atoms with Crippen LogP contribution >= 0.6 is 0 Å². The van der Waals surface area contributed by atoms with Gasteiger partial charge in [-0.15, -0.1) is 0 Å². The van der Waals surface area contributed by atoms with Crippen LogP contribution in [-0.2, 0) is 0 Å². The fourth-order valence-corrected chi connectivity index (χ4v) is 3.81. The van der Waals surface area contributed by atoms with E-state index in [1.807, 2.05) is 11.0 Å². The van der Waals surface area contributed by atoms with Crippen molar-refractivity contribution >= 4 is 11.7 Å². The van der Waals surface area contributed by atoms with Gasteiger partial charge >= 0.3 is 6.03 Å². The fourth-order valence-electron chi connectivity index (χ4n) is 3.81. The Morgan fingerprint density at radius 3 is 2.62 bits per heavy atom. The molecule has 1 aliphatic heterocycles. The van der Waals surface area contributed by atoms with Crippen LogP contribution in [-0.4, -0.2) is 24.0 Å². The van der Waals surface area contributed by atoms with Crippen molar-refractivity contribution in [3.63, 3.8) is 0 Å². The lowest BCUT2D eigenvalue weighted by molar-refractivity contribution is 0.108. The molecule has 0 radical (unpaired) electrons. The highest BCUT2D eigenvalue weighted by atomic mass is 16.2. The molecular weight excluding hydrogens is 260 g/mol. The Hall–Kier alpha value is -1.51. The molecule has 2 atom stereocenters. The number of benzene rings is 1. The van der Waals surface area contributed by atoms with E-state index < -0.39 is 0 Å². The number of carbonyl (C=O) groups excluding carboxylic acids is 1. The second kappa shape index (κ2) is 6.08. The lowest BCUT2D eigenvalue weighted by Crippen LogP contribution is -2.46. The molecule has 2 aliphatic rings. The van der Waals surface area contributed by atoms with Gasteiger partial charge in [0.1, 0.15) is 0 Å². The molecular formula is C18H26N2O. The Bertz CT molecular complexity index is 526. The van der Waals surface area contributed by atoms with Crippen LogP contribution in [0.3, 0.4) is 0 Å². The first-order chi connectivity index (χ1) is 10.1. The number of rotatable bonds is 1. The largest absolute Gasteiger partial charge is 0.324 e. The molecule has 2 fully saturated rings. The van der Waals surface area contributed by atoms with Gasteiger partial charge in [0.05, 0.1) is 0 Å². The third-order valence-electron chi connectivity index (χ3n) is 5.34. The predicted octanol–water partition coefficient (Wildman–Crippen LogP) is 4.35. The smallest absolute Gasteiger partial charge is 0.321 e. The molecule has 1 saturated heterocycles. The maximum absolute atomic E-state index is 12.5. The molecule has 0 unspecified atom stereocenters. The molecule has 1 N–H and O–H groups in total. The predicted molar refractivity (Wildman–Crippen MR) is 86.6 cm³/mol. The van der Waals surface area contributed by atoms with E-state index in [4.69, 9.17) is 0 Å². The van der Waals surface area contributed by atoms with Gasteiger partial charge in [0.15, 0.2) is 0 Å². The summed E-state index contributed by atoms with van der Waals surface area (Å²) in [5.74, 6) is 1.60. The van der Waals surface area contributed by atoms with Gasteiger partial charge in [-0.3, -0.25) is 0 Å². The van der Waals surface area contributed by atoms with Gasteiger partial charge < -0.3 is 10.2 Å². The molecule has 2 amide bonds. The van der Waals surface area contributed by atoms with Crippen molar-refractivity contribution in [2.45, 2.75) is 46.0 Å². The van der Waals surface area contributed by atoms with Crippen LogP contribution < -0.4 is 5.32 Å². The second-order valence-electron chi connectivity index (χ2n) is 6.77. The zero-order valence-electron chi connectivity index (χ0n) is 13.2. The lowest BCUT2D eigenvalue weighted by Gasteiger charge is -2.41. The van der Waals surface area contributed by atoms with Crippen molar-refractivity contribution in [1.82, 2.24) is 4.90 Å². The van der Waals surface area contributed by atoms with E-state index in [0.717, 1.165) is 30.6 Å². The standard InChI is InChI=1S/C18H26N2O/c1-13-7-8-17(11-14(13)2)19-18(21)20-10-9-15-5-3-4-6-16(15)12-20/h7-8,11,15-16H,3-6,9-10,12H2,1-2H3,(H,19,21)/t15-,16-/m1/s1. The molecule has 21 heavy (non-hydrogen) atoms. The number of aryl methyl sites for hydroxylation is 2. The molecule has 1 saturated carbocycles. The van der Waals surface area contributed by atoms with Crippen molar-refractivity contribution in [2.75, 3.05) is 18.4 Å². The van der Waals surface area contributed by atoms with Crippen LogP contribution in [0.5, 0.6) is 0 Å². The number of hydrogen-bond donors (Lipinski definition) is 1. The van der Waals surface area contributed by atoms with Crippen molar-refractivity contribution in [1.29, 1.82) is 0 Å². The monoisotopic (exact) mass is 286 g/mol. The van der Waals surface area contributed by atoms with Gasteiger partial charge in [-0.1, -0.05) is 25.3 Å². The normalized spacial score (nSPS) is 25.3. The molecule has 114 valence electrons. The van der Waals surface area contributed by atoms with Crippen molar-refractivity contribution in [3.05, 3.63) is 29.3 Å². The number of carbonyl (C=O) groups is 1. The highest BCUT2D eigenvalue weighted by Gasteiger charge is 2.32. The Morgan fingerprint density at radius 2 is 1.86 bits per heavy atom. The SMILES string of the molecule is Cc1ccc(NC(=O)N2CC[C@H]3CCCC[C@@H]3C2)cc1C. The molecule has 0 aromatic heterocycles. The van der Waals surface area contributed by atoms with Gasteiger partial charge in [0, 0.05) is 18.8 Å². The zero-order valence-corrected chi connectivity index (χ0v) is 13.2. The quantitative estimate of drug-likeness (QED) is 0.818. The Balaban J connectivity index is 1.61. The summed E-state index contributed by atoms with van der Waals surface area (Å²) in [7, 11) is 0. The van der Waals surface area contributed by atoms with E-state index in [-0.39, 0.29) is 6.03 Å². The first-order valence-electron chi connectivity index (χ1n) is 8.26. The molecule has 3 nitrogen and oxygen atoms in total. The van der Waals surface area contributed by atoms with Gasteiger partial charge in [-0.25, -0.2) is 4.79 Å². The number of anilines is 1. The molecule has 3 rings (SSSR count). The summed E-state index contributed by atoms with van der Waals surface area (Å²) in [6.07, 6.45) is 6.59. The average molecular weight is 286 g/mol. The van der Waals surface area contributed by atoms with Gasteiger partial charge in [0.25, 0.3) is 0 Å². The number of amides is 2. The number of nitrogens with zero attached hydrogens (tertiary/aromatic N) is 1. The molecule has 1 aromatic rings. The number of hydrogen-bond acceptors (Lipinski definition) is 1. The number of likely N-dealkylation sites (tertiary alicyclic amines) is 1. The number of piperidine rings is 1. The summed E-state index contributed by atoms with van der Waals surface area (Å²) in [6.45, 7) is 6.03. The van der Waals surface area contributed by atoms with Crippen LogP contribution in [0.1, 0.15) is 43.2 Å². The van der Waals surface area contributed by atoms with E-state index in [1.54, 1.807) is 0 Å². The lowest BCUT2D eigenvalue weighted by atomic mass is 9.75. The molecule has 0 bridgehead atoms. The summed E-state index contributed by atoms with van der Waals surface area (Å²) in [5.41, 5.74) is 3.39. The summed E-state index contributed by atoms with van der Waals surface area (Å²) in [6, 6.07) is 6.19. The molecule has 0 spiro atoms. The van der Waals surface area contributed by atoms with E-state index >= 15 is 0 Å². The van der Waals surface area contributed by atoms with Gasteiger partial charge in [0.2, 0.25) is 0 Å². The Kier molecular flexibility index (Phi) is 4.18. The molecule has 1 aliphatic carbocycles. The maximum atomic E-state index is 12.5. The zero-order chi connectivity index (χ0) is 14.8. The summed E-state index contributed by atoms with van der Waals surface area (Å²) < 4.78 is 0. The van der Waals surface area contributed by atoms with Crippen LogP contribution in [0.25, 0.3) is 0 Å². The first kappa shape index (κ1) is 14.4. The first-order valence-corrected chi connectivity index (χ1v) is 8.26. The van der Waals surface area contributed by atoms with Crippen LogP contribution in [0.2, 0.25) is 0 Å².